The smallest absolute Gasteiger partial charge is 0.378 e. The molecule has 0 saturated carbocycles. The van der Waals surface area contributed by atoms with E-state index in [1.165, 1.54) is 23.9 Å². The first-order valence-electron chi connectivity index (χ1n) is 9.76. The monoisotopic (exact) mass is 603 g/mol. The van der Waals surface area contributed by atoms with Gasteiger partial charge in [0.2, 0.25) is 0 Å². The van der Waals surface area contributed by atoms with E-state index in [0.29, 0.717) is 4.90 Å². The molecule has 3 aromatic rings. The van der Waals surface area contributed by atoms with Crippen LogP contribution in [-0.2, 0) is 31.1 Å². The zero-order valence-corrected chi connectivity index (χ0v) is 21.1. The summed E-state index contributed by atoms with van der Waals surface area (Å²) < 4.78 is 141. The number of rotatable bonds is 7. The van der Waals surface area contributed by atoms with Gasteiger partial charge in [-0.05, 0) is 36.4 Å². The average molecular weight is 604 g/mol. The maximum atomic E-state index is 14.2. The number of halogens is 6. The van der Waals surface area contributed by atoms with Crippen LogP contribution in [0, 0.1) is 0 Å². The summed E-state index contributed by atoms with van der Waals surface area (Å²) in [4.78, 5) is 3.60. The van der Waals surface area contributed by atoms with Crippen molar-refractivity contribution in [3.8, 4) is 5.75 Å². The fourth-order valence-electron chi connectivity index (χ4n) is 3.22. The molecule has 0 aliphatic carbocycles. The molecule has 0 saturated heterocycles. The van der Waals surface area contributed by atoms with Gasteiger partial charge in [-0.3, -0.25) is 4.55 Å². The summed E-state index contributed by atoms with van der Waals surface area (Å²) in [6.07, 6.45) is 0. The molecule has 198 valence electrons. The third-order valence-corrected chi connectivity index (χ3v) is 10.9. The minimum atomic E-state index is -7.14. The van der Waals surface area contributed by atoms with Crippen LogP contribution in [0.3, 0.4) is 0 Å². The average Bonchev–Trinajstić information content (AvgIpc) is 2.81. The molecule has 1 N–H and O–H groups in total. The Bertz CT molecular complexity index is 1530. The normalized spacial score (nSPS) is 15.1. The van der Waals surface area contributed by atoms with E-state index in [1.54, 1.807) is 36.4 Å². The Labute approximate surface area is 213 Å². The highest BCUT2D eigenvalue weighted by molar-refractivity contribution is 8.04. The Hall–Kier alpha value is -2.40. The van der Waals surface area contributed by atoms with Gasteiger partial charge in [0, 0.05) is 6.07 Å². The molecule has 0 fully saturated rings. The highest BCUT2D eigenvalue weighted by Gasteiger charge is 2.83. The lowest BCUT2D eigenvalue weighted by molar-refractivity contribution is -0.247. The molecule has 4 rings (SSSR count). The van der Waals surface area contributed by atoms with Crippen LogP contribution < -0.4 is 4.18 Å². The van der Waals surface area contributed by atoms with Crippen molar-refractivity contribution in [1.82, 2.24) is 0 Å². The van der Waals surface area contributed by atoms with Gasteiger partial charge in [-0.15, -0.1) is 0 Å². The largest absolute Gasteiger partial charge is 0.450 e. The molecule has 0 aromatic heterocycles. The van der Waals surface area contributed by atoms with Crippen LogP contribution in [0.1, 0.15) is 0 Å². The standard InChI is InChI=1S/C21H12F6O6S4/c22-19(23,20(24,25)36(28,29)30)21(26,27)37(31,32)33-13-6-5-7-14(12-13)35-17-10-3-1-8-15(17)34-16-9-2-4-11-18(16)35/h1-12H/p+1. The first-order valence-corrected chi connectivity index (χ1v) is 14.6. The van der Waals surface area contributed by atoms with Crippen molar-refractivity contribution in [3.63, 3.8) is 0 Å². The van der Waals surface area contributed by atoms with E-state index in [4.69, 9.17) is 4.55 Å². The van der Waals surface area contributed by atoms with Gasteiger partial charge in [0.1, 0.15) is 16.6 Å². The summed E-state index contributed by atoms with van der Waals surface area (Å²) in [6, 6.07) is 18.8. The molecule has 6 nitrogen and oxygen atoms in total. The maximum Gasteiger partial charge on any atom is 0.450 e. The van der Waals surface area contributed by atoms with Crippen LogP contribution >= 0.6 is 11.8 Å². The fourth-order valence-corrected chi connectivity index (χ4v) is 8.42. The van der Waals surface area contributed by atoms with Gasteiger partial charge >= 0.3 is 36.7 Å². The Morgan fingerprint density at radius 3 is 1.76 bits per heavy atom. The highest BCUT2D eigenvalue weighted by Crippen LogP contribution is 2.52. The van der Waals surface area contributed by atoms with Gasteiger partial charge in [0.15, 0.2) is 14.7 Å². The Kier molecular flexibility index (Phi) is 6.80. The molecule has 1 aliphatic rings. The fraction of sp³-hybridized carbons (Fsp3) is 0.143. The van der Waals surface area contributed by atoms with Crippen LogP contribution in [0.5, 0.6) is 5.75 Å². The second-order valence-electron chi connectivity index (χ2n) is 7.40. The first kappa shape index (κ1) is 27.6. The first-order chi connectivity index (χ1) is 17.0. The van der Waals surface area contributed by atoms with E-state index < -0.39 is 53.3 Å². The molecule has 37 heavy (non-hydrogen) atoms. The van der Waals surface area contributed by atoms with Crippen molar-refractivity contribution < 1.29 is 51.9 Å². The zero-order chi connectivity index (χ0) is 27.4. The summed E-state index contributed by atoms with van der Waals surface area (Å²) in [6.45, 7) is 0. The third kappa shape index (κ3) is 4.47. The molecule has 0 radical (unpaired) electrons. The second-order valence-corrected chi connectivity index (χ2v) is 13.5. The molecule has 0 bridgehead atoms. The molecule has 16 heteroatoms. The van der Waals surface area contributed by atoms with Crippen molar-refractivity contribution >= 4 is 42.9 Å². The summed E-state index contributed by atoms with van der Waals surface area (Å²) in [5, 5.41) is -13.6. The summed E-state index contributed by atoms with van der Waals surface area (Å²) in [5.41, 5.74) is 0. The number of alkyl halides is 6. The summed E-state index contributed by atoms with van der Waals surface area (Å²) >= 11 is 1.46. The van der Waals surface area contributed by atoms with Crippen molar-refractivity contribution in [2.24, 2.45) is 0 Å². The number of hydrogen-bond donors (Lipinski definition) is 1. The topological polar surface area (TPSA) is 97.7 Å². The minimum absolute atomic E-state index is 0.325. The van der Waals surface area contributed by atoms with Crippen molar-refractivity contribution in [1.29, 1.82) is 0 Å². The Morgan fingerprint density at radius 2 is 1.24 bits per heavy atom. The predicted octanol–water partition coefficient (Wildman–Crippen LogP) is 5.66. The maximum absolute atomic E-state index is 14.2. The SMILES string of the molecule is O=S(=O)(O)C(F)(F)C(F)(F)C(F)(F)S(=O)(=O)Oc1cccc([S+]2c3ccccc3Sc3ccccc32)c1. The molecule has 3 aromatic carbocycles. The quantitative estimate of drug-likeness (QED) is 0.126. The van der Waals surface area contributed by atoms with E-state index >= 15 is 0 Å². The third-order valence-electron chi connectivity index (χ3n) is 4.97. The molecule has 0 spiro atoms. The van der Waals surface area contributed by atoms with Gasteiger partial charge in [-0.1, -0.05) is 42.1 Å². The van der Waals surface area contributed by atoms with Gasteiger partial charge in [-0.2, -0.15) is 43.2 Å². The summed E-state index contributed by atoms with van der Waals surface area (Å²) in [7, 11) is -15.0. The van der Waals surface area contributed by atoms with Gasteiger partial charge in [0.05, 0.1) is 9.79 Å². The van der Waals surface area contributed by atoms with Gasteiger partial charge < -0.3 is 4.18 Å². The molecule has 0 amide bonds. The van der Waals surface area contributed by atoms with Gasteiger partial charge in [0.25, 0.3) is 0 Å². The lowest BCUT2D eigenvalue weighted by atomic mass is 10.3. The molecule has 0 unspecified atom stereocenters. The van der Waals surface area contributed by atoms with Crippen molar-refractivity contribution in [3.05, 3.63) is 72.8 Å². The zero-order valence-electron chi connectivity index (χ0n) is 17.8. The molecule has 1 aliphatic heterocycles. The van der Waals surface area contributed by atoms with E-state index in [9.17, 15) is 43.2 Å². The second kappa shape index (κ2) is 9.11. The van der Waals surface area contributed by atoms with Crippen LogP contribution in [0.15, 0.2) is 97.3 Å². The number of hydrogen-bond acceptors (Lipinski definition) is 6. The molecular formula is C21H13F6O6S4+. The Balaban J connectivity index is 1.75. The predicted molar refractivity (Wildman–Crippen MR) is 122 cm³/mol. The lowest BCUT2D eigenvalue weighted by Crippen LogP contribution is -2.61. The Morgan fingerprint density at radius 1 is 0.730 bits per heavy atom. The van der Waals surface area contributed by atoms with Gasteiger partial charge in [-0.25, -0.2) is 0 Å². The molecule has 0 atom stereocenters. The van der Waals surface area contributed by atoms with Crippen LogP contribution in [0.25, 0.3) is 0 Å². The lowest BCUT2D eigenvalue weighted by Gasteiger charge is -2.29. The molecular weight excluding hydrogens is 590 g/mol. The van der Waals surface area contributed by atoms with Crippen molar-refractivity contribution in [2.45, 2.75) is 40.9 Å². The van der Waals surface area contributed by atoms with E-state index in [2.05, 4.69) is 4.18 Å². The number of fused-ring (bicyclic) bond motifs is 2. The van der Waals surface area contributed by atoms with Crippen LogP contribution in [-0.4, -0.2) is 37.8 Å². The van der Waals surface area contributed by atoms with Crippen LogP contribution in [0.4, 0.5) is 26.3 Å². The molecule has 1 heterocycles. The van der Waals surface area contributed by atoms with Crippen LogP contribution in [0.2, 0.25) is 0 Å². The van der Waals surface area contributed by atoms with E-state index in [1.807, 2.05) is 12.1 Å². The van der Waals surface area contributed by atoms with E-state index in [-0.39, 0.29) is 0 Å². The highest BCUT2D eigenvalue weighted by atomic mass is 32.2. The number of benzene rings is 3. The summed E-state index contributed by atoms with van der Waals surface area (Å²) in [5.74, 6) is -8.01. The van der Waals surface area contributed by atoms with Crippen molar-refractivity contribution in [2.75, 3.05) is 0 Å². The minimum Gasteiger partial charge on any atom is -0.378 e. The van der Waals surface area contributed by atoms with E-state index in [0.717, 1.165) is 31.7 Å².